The van der Waals surface area contributed by atoms with Crippen LogP contribution in [0.15, 0.2) is 57.7 Å². The summed E-state index contributed by atoms with van der Waals surface area (Å²) < 4.78 is 12.8. The molecule has 3 aromatic heterocycles. The van der Waals surface area contributed by atoms with Crippen molar-refractivity contribution in [2.24, 2.45) is 0 Å². The maximum absolute atomic E-state index is 14.0. The molecule has 1 saturated heterocycles. The zero-order chi connectivity index (χ0) is 24.8. The molecule has 182 valence electrons. The molecule has 0 unspecified atom stereocenters. The molecular formula is C27H25N5O4. The van der Waals surface area contributed by atoms with Crippen LogP contribution >= 0.6 is 0 Å². The first-order valence-electron chi connectivity index (χ1n) is 12.0. The average molecular weight is 484 g/mol. The summed E-state index contributed by atoms with van der Waals surface area (Å²) in [5, 5.41) is 3.13. The van der Waals surface area contributed by atoms with Crippen LogP contribution in [0.3, 0.4) is 0 Å². The first kappa shape index (κ1) is 22.1. The summed E-state index contributed by atoms with van der Waals surface area (Å²) >= 11 is 0. The smallest absolute Gasteiger partial charge is 0.286 e. The van der Waals surface area contributed by atoms with Gasteiger partial charge in [0.1, 0.15) is 17.0 Å². The van der Waals surface area contributed by atoms with Gasteiger partial charge in [0.2, 0.25) is 5.89 Å². The lowest BCUT2D eigenvalue weighted by molar-refractivity contribution is 0.0719. The monoisotopic (exact) mass is 483 g/mol. The summed E-state index contributed by atoms with van der Waals surface area (Å²) in [6.45, 7) is 3.13. The molecule has 0 atom stereocenters. The maximum atomic E-state index is 14.0. The molecule has 6 rings (SSSR count). The van der Waals surface area contributed by atoms with Gasteiger partial charge in [-0.2, -0.15) is 0 Å². The van der Waals surface area contributed by atoms with E-state index >= 15 is 0 Å². The number of nitrogens with zero attached hydrogens (tertiary/aromatic N) is 4. The van der Waals surface area contributed by atoms with Crippen molar-refractivity contribution < 1.29 is 13.9 Å². The lowest BCUT2D eigenvalue weighted by atomic mass is 10.1. The highest BCUT2D eigenvalue weighted by Crippen LogP contribution is 2.32. The summed E-state index contributed by atoms with van der Waals surface area (Å²) in [5.41, 5.74) is 3.38. The summed E-state index contributed by atoms with van der Waals surface area (Å²) in [4.78, 5) is 38.9. The second-order valence-corrected chi connectivity index (χ2v) is 8.96. The molecule has 2 aromatic carbocycles. The van der Waals surface area contributed by atoms with E-state index in [0.29, 0.717) is 35.6 Å². The van der Waals surface area contributed by atoms with E-state index < -0.39 is 5.56 Å². The molecule has 0 saturated carbocycles. The molecule has 0 radical (unpaired) electrons. The number of para-hydroxylation sites is 1. The normalized spacial score (nSPS) is 14.0. The SMILES string of the molecule is COc1cccc2oc(-c3c(C(=O)N4CCCCC4)nc4c(-c5ccccc5)c(C)[nH]n4c3=O)nc12. The van der Waals surface area contributed by atoms with Crippen molar-refractivity contribution in [3.8, 4) is 28.3 Å². The molecule has 9 heteroatoms. The third-order valence-electron chi connectivity index (χ3n) is 6.69. The van der Waals surface area contributed by atoms with Crippen LogP contribution in [0.4, 0.5) is 0 Å². The second kappa shape index (κ2) is 8.67. The number of aryl methyl sites for hydroxylation is 1. The highest BCUT2D eigenvalue weighted by atomic mass is 16.5. The van der Waals surface area contributed by atoms with Gasteiger partial charge in [-0.05, 0) is 43.9 Å². The number of rotatable bonds is 4. The number of benzene rings is 2. The molecule has 0 bridgehead atoms. The molecule has 0 aliphatic carbocycles. The van der Waals surface area contributed by atoms with Crippen LogP contribution in [0.2, 0.25) is 0 Å². The van der Waals surface area contributed by atoms with E-state index in [-0.39, 0.29) is 23.1 Å². The van der Waals surface area contributed by atoms with E-state index in [1.807, 2.05) is 37.3 Å². The molecule has 1 fully saturated rings. The number of methoxy groups -OCH3 is 1. The van der Waals surface area contributed by atoms with Gasteiger partial charge < -0.3 is 14.1 Å². The number of aromatic nitrogens is 4. The predicted molar refractivity (Wildman–Crippen MR) is 135 cm³/mol. The van der Waals surface area contributed by atoms with Gasteiger partial charge in [-0.3, -0.25) is 14.7 Å². The Hall–Kier alpha value is -4.40. The largest absolute Gasteiger partial charge is 0.494 e. The quantitative estimate of drug-likeness (QED) is 0.405. The van der Waals surface area contributed by atoms with E-state index in [2.05, 4.69) is 10.1 Å². The van der Waals surface area contributed by atoms with Gasteiger partial charge in [0.15, 0.2) is 16.7 Å². The number of fused-ring (bicyclic) bond motifs is 2. The van der Waals surface area contributed by atoms with Crippen LogP contribution in [0.5, 0.6) is 5.75 Å². The van der Waals surface area contributed by atoms with E-state index in [1.54, 1.807) is 30.2 Å². The van der Waals surface area contributed by atoms with E-state index in [0.717, 1.165) is 36.1 Å². The molecule has 4 heterocycles. The maximum Gasteiger partial charge on any atom is 0.286 e. The Morgan fingerprint density at radius 2 is 1.78 bits per heavy atom. The topological polar surface area (TPSA) is 106 Å². The van der Waals surface area contributed by atoms with Gasteiger partial charge in [-0.1, -0.05) is 36.4 Å². The third kappa shape index (κ3) is 3.46. The Labute approximate surface area is 206 Å². The molecule has 1 N–H and O–H groups in total. The summed E-state index contributed by atoms with van der Waals surface area (Å²) in [5.74, 6) is 0.259. The number of H-pyrrole nitrogens is 1. The van der Waals surface area contributed by atoms with Crippen LogP contribution < -0.4 is 10.3 Å². The van der Waals surface area contributed by atoms with Crippen molar-refractivity contribution in [3.05, 3.63) is 70.3 Å². The number of hydrogen-bond donors (Lipinski definition) is 1. The average Bonchev–Trinajstić information content (AvgIpc) is 3.49. The fraction of sp³-hybridized carbons (Fsp3) is 0.259. The van der Waals surface area contributed by atoms with Crippen LogP contribution in [0, 0.1) is 6.92 Å². The van der Waals surface area contributed by atoms with Crippen LogP contribution in [0.1, 0.15) is 35.4 Å². The van der Waals surface area contributed by atoms with Gasteiger partial charge in [0.05, 0.1) is 7.11 Å². The van der Waals surface area contributed by atoms with Gasteiger partial charge >= 0.3 is 0 Å². The number of aromatic amines is 1. The number of ether oxygens (including phenoxy) is 1. The van der Waals surface area contributed by atoms with Gasteiger partial charge in [0.25, 0.3) is 11.5 Å². The number of oxazole rings is 1. The van der Waals surface area contributed by atoms with Crippen molar-refractivity contribution in [1.82, 2.24) is 24.5 Å². The van der Waals surface area contributed by atoms with Crippen molar-refractivity contribution in [2.45, 2.75) is 26.2 Å². The molecule has 1 amide bonds. The van der Waals surface area contributed by atoms with Crippen molar-refractivity contribution in [2.75, 3.05) is 20.2 Å². The Balaban J connectivity index is 1.64. The molecule has 1 aliphatic rings. The minimum Gasteiger partial charge on any atom is -0.494 e. The fourth-order valence-corrected chi connectivity index (χ4v) is 4.92. The number of piperidine rings is 1. The molecule has 5 aromatic rings. The van der Waals surface area contributed by atoms with E-state index in [1.165, 1.54) is 4.52 Å². The number of hydrogen-bond acceptors (Lipinski definition) is 6. The highest BCUT2D eigenvalue weighted by molar-refractivity contribution is 5.99. The molecule has 1 aliphatic heterocycles. The minimum atomic E-state index is -0.448. The molecule has 36 heavy (non-hydrogen) atoms. The number of amides is 1. The molecular weight excluding hydrogens is 458 g/mol. The Morgan fingerprint density at radius 3 is 2.53 bits per heavy atom. The molecule has 9 nitrogen and oxygen atoms in total. The van der Waals surface area contributed by atoms with Crippen molar-refractivity contribution >= 4 is 22.7 Å². The lowest BCUT2D eigenvalue weighted by Gasteiger charge is -2.26. The predicted octanol–water partition coefficient (Wildman–Crippen LogP) is 4.44. The van der Waals surface area contributed by atoms with Crippen LogP contribution in [0.25, 0.3) is 39.3 Å². The number of nitrogens with one attached hydrogen (secondary N) is 1. The first-order chi connectivity index (χ1) is 17.6. The first-order valence-corrected chi connectivity index (χ1v) is 12.0. The van der Waals surface area contributed by atoms with Crippen LogP contribution in [-0.4, -0.2) is 50.6 Å². The van der Waals surface area contributed by atoms with Gasteiger partial charge in [-0.25, -0.2) is 14.5 Å². The summed E-state index contributed by atoms with van der Waals surface area (Å²) in [7, 11) is 1.55. The highest BCUT2D eigenvalue weighted by Gasteiger charge is 2.30. The fourth-order valence-electron chi connectivity index (χ4n) is 4.92. The van der Waals surface area contributed by atoms with Crippen molar-refractivity contribution in [1.29, 1.82) is 0 Å². The standard InChI is InChI=1S/C27H25N5O4/c1-16-20(17-10-5-3-6-11-17)24-28-23(27(34)31-14-7-4-8-15-31)21(26(33)32(24)30-16)25-29-22-18(35-2)12-9-13-19(22)36-25/h3,5-6,9-13,30H,4,7-8,14-15H2,1-2H3. The lowest BCUT2D eigenvalue weighted by Crippen LogP contribution is -2.37. The Kier molecular flexibility index (Phi) is 5.32. The number of carbonyl (C=O) groups is 1. The third-order valence-corrected chi connectivity index (χ3v) is 6.69. The molecule has 0 spiro atoms. The minimum absolute atomic E-state index is 0.0298. The zero-order valence-corrected chi connectivity index (χ0v) is 20.1. The zero-order valence-electron chi connectivity index (χ0n) is 20.1. The number of likely N-dealkylation sites (tertiary alicyclic amines) is 1. The Bertz CT molecular complexity index is 1660. The van der Waals surface area contributed by atoms with E-state index in [9.17, 15) is 9.59 Å². The summed E-state index contributed by atoms with van der Waals surface area (Å²) in [6, 6.07) is 15.0. The number of carbonyl (C=O) groups excluding carboxylic acids is 1. The summed E-state index contributed by atoms with van der Waals surface area (Å²) in [6.07, 6.45) is 2.91. The van der Waals surface area contributed by atoms with E-state index in [4.69, 9.17) is 14.1 Å². The van der Waals surface area contributed by atoms with Gasteiger partial charge in [-0.15, -0.1) is 0 Å². The van der Waals surface area contributed by atoms with Crippen molar-refractivity contribution in [3.63, 3.8) is 0 Å². The van der Waals surface area contributed by atoms with Crippen LogP contribution in [-0.2, 0) is 0 Å². The van der Waals surface area contributed by atoms with Gasteiger partial charge in [0, 0.05) is 24.3 Å². The second-order valence-electron chi connectivity index (χ2n) is 8.96. The Morgan fingerprint density at radius 1 is 1.00 bits per heavy atom.